The van der Waals surface area contributed by atoms with E-state index in [1.807, 2.05) is 21.1 Å². The SMILES string of the molecule is CCc1ccc(C(CNC(=O)c2cccc(NC(=O)CSc3nncn3C)c2)N(C)C)cc1. The Labute approximate surface area is 198 Å². The molecule has 0 bridgehead atoms. The van der Waals surface area contributed by atoms with Crippen LogP contribution in [0.25, 0.3) is 0 Å². The molecular weight excluding hydrogens is 436 g/mol. The van der Waals surface area contributed by atoms with Gasteiger partial charge in [0.1, 0.15) is 6.33 Å². The molecule has 0 aliphatic rings. The molecule has 3 rings (SSSR count). The van der Waals surface area contributed by atoms with Crippen LogP contribution in [0.1, 0.15) is 34.5 Å². The van der Waals surface area contributed by atoms with Crippen molar-refractivity contribution in [2.24, 2.45) is 7.05 Å². The van der Waals surface area contributed by atoms with Crippen molar-refractivity contribution in [3.8, 4) is 0 Å². The fourth-order valence-electron chi connectivity index (χ4n) is 3.33. The topological polar surface area (TPSA) is 92.1 Å². The Balaban J connectivity index is 1.57. The second-order valence-electron chi connectivity index (χ2n) is 7.93. The number of anilines is 1. The molecule has 33 heavy (non-hydrogen) atoms. The number of likely N-dealkylation sites (N-methyl/N-ethyl adjacent to an activating group) is 1. The van der Waals surface area contributed by atoms with Crippen LogP contribution in [0.3, 0.4) is 0 Å². The van der Waals surface area contributed by atoms with Gasteiger partial charge in [0, 0.05) is 24.8 Å². The van der Waals surface area contributed by atoms with Gasteiger partial charge in [-0.15, -0.1) is 10.2 Å². The second kappa shape index (κ2) is 11.6. The van der Waals surface area contributed by atoms with Crippen molar-refractivity contribution >= 4 is 29.3 Å². The summed E-state index contributed by atoms with van der Waals surface area (Å²) >= 11 is 1.30. The zero-order chi connectivity index (χ0) is 23.8. The highest BCUT2D eigenvalue weighted by atomic mass is 32.2. The predicted molar refractivity (Wildman–Crippen MR) is 131 cm³/mol. The molecule has 3 aromatic rings. The van der Waals surface area contributed by atoms with E-state index in [1.54, 1.807) is 35.2 Å². The lowest BCUT2D eigenvalue weighted by atomic mass is 10.0. The number of aryl methyl sites for hydroxylation is 2. The van der Waals surface area contributed by atoms with Crippen LogP contribution in [-0.4, -0.2) is 57.9 Å². The third kappa shape index (κ3) is 6.90. The first kappa shape index (κ1) is 24.5. The minimum atomic E-state index is -0.184. The lowest BCUT2D eigenvalue weighted by Crippen LogP contribution is -2.34. The summed E-state index contributed by atoms with van der Waals surface area (Å²) < 4.78 is 1.75. The Morgan fingerprint density at radius 2 is 1.91 bits per heavy atom. The van der Waals surface area contributed by atoms with Crippen molar-refractivity contribution in [1.82, 2.24) is 25.0 Å². The Hall–Kier alpha value is -3.17. The maximum Gasteiger partial charge on any atom is 0.251 e. The molecule has 1 heterocycles. The van der Waals surface area contributed by atoms with Gasteiger partial charge in [0.2, 0.25) is 5.91 Å². The van der Waals surface area contributed by atoms with Crippen molar-refractivity contribution < 1.29 is 9.59 Å². The second-order valence-corrected chi connectivity index (χ2v) is 8.87. The zero-order valence-corrected chi connectivity index (χ0v) is 20.2. The number of carbonyl (C=O) groups excluding carboxylic acids is 2. The average Bonchev–Trinajstić information content (AvgIpc) is 3.22. The first-order chi connectivity index (χ1) is 15.9. The van der Waals surface area contributed by atoms with E-state index in [4.69, 9.17) is 0 Å². The van der Waals surface area contributed by atoms with Gasteiger partial charge in [0.25, 0.3) is 5.91 Å². The fraction of sp³-hybridized carbons (Fsp3) is 0.333. The Bertz CT molecular complexity index is 1080. The molecule has 0 spiro atoms. The number of nitrogens with zero attached hydrogens (tertiary/aromatic N) is 4. The lowest BCUT2D eigenvalue weighted by molar-refractivity contribution is -0.113. The first-order valence-corrected chi connectivity index (χ1v) is 11.8. The van der Waals surface area contributed by atoms with Crippen LogP contribution in [0.5, 0.6) is 0 Å². The minimum Gasteiger partial charge on any atom is -0.350 e. The fourth-order valence-corrected chi connectivity index (χ4v) is 4.02. The van der Waals surface area contributed by atoms with Crippen LogP contribution >= 0.6 is 11.8 Å². The Morgan fingerprint density at radius 3 is 2.55 bits per heavy atom. The molecule has 9 heteroatoms. The minimum absolute atomic E-state index is 0.0559. The van der Waals surface area contributed by atoms with Crippen molar-refractivity contribution in [2.45, 2.75) is 24.5 Å². The van der Waals surface area contributed by atoms with Gasteiger partial charge < -0.3 is 20.1 Å². The van der Waals surface area contributed by atoms with Gasteiger partial charge in [-0.25, -0.2) is 0 Å². The van der Waals surface area contributed by atoms with E-state index >= 15 is 0 Å². The van der Waals surface area contributed by atoms with Crippen LogP contribution in [0.4, 0.5) is 5.69 Å². The molecule has 0 aliphatic heterocycles. The number of hydrogen-bond donors (Lipinski definition) is 2. The van der Waals surface area contributed by atoms with Gasteiger partial charge in [0.15, 0.2) is 5.16 Å². The summed E-state index contributed by atoms with van der Waals surface area (Å²) in [7, 11) is 5.82. The maximum atomic E-state index is 12.8. The summed E-state index contributed by atoms with van der Waals surface area (Å²) in [5.41, 5.74) is 3.51. The summed E-state index contributed by atoms with van der Waals surface area (Å²) in [6.07, 6.45) is 2.58. The number of hydrogen-bond acceptors (Lipinski definition) is 6. The molecule has 2 N–H and O–H groups in total. The van der Waals surface area contributed by atoms with E-state index in [0.717, 1.165) is 12.0 Å². The standard InChI is InChI=1S/C24H30N6O2S/c1-5-17-9-11-18(12-10-17)21(29(2)3)14-25-23(32)19-7-6-8-20(13-19)27-22(31)15-33-24-28-26-16-30(24)4/h6-13,16,21H,5,14-15H2,1-4H3,(H,25,32)(H,27,31). The quantitative estimate of drug-likeness (QED) is 0.446. The van der Waals surface area contributed by atoms with Gasteiger partial charge in [-0.1, -0.05) is 49.0 Å². The molecule has 0 radical (unpaired) electrons. The molecule has 1 aromatic heterocycles. The molecular formula is C24H30N6O2S. The Kier molecular flexibility index (Phi) is 8.62. The van der Waals surface area contributed by atoms with Crippen molar-refractivity contribution in [2.75, 3.05) is 31.7 Å². The molecule has 0 aliphatic carbocycles. The molecule has 0 fully saturated rings. The summed E-state index contributed by atoms with van der Waals surface area (Å²) in [5.74, 6) is -0.162. The van der Waals surface area contributed by atoms with E-state index in [-0.39, 0.29) is 23.6 Å². The number of aromatic nitrogens is 3. The van der Waals surface area contributed by atoms with Gasteiger partial charge in [0.05, 0.1) is 11.8 Å². The van der Waals surface area contributed by atoms with Crippen LogP contribution in [0.2, 0.25) is 0 Å². The summed E-state index contributed by atoms with van der Waals surface area (Å²) in [6, 6.07) is 15.5. The number of nitrogens with one attached hydrogen (secondary N) is 2. The molecule has 8 nitrogen and oxygen atoms in total. The van der Waals surface area contributed by atoms with Gasteiger partial charge in [-0.05, 0) is 49.8 Å². The predicted octanol–water partition coefficient (Wildman–Crippen LogP) is 3.14. The number of amides is 2. The number of benzene rings is 2. The van der Waals surface area contributed by atoms with Crippen LogP contribution in [-0.2, 0) is 18.3 Å². The van der Waals surface area contributed by atoms with E-state index in [1.165, 1.54) is 17.3 Å². The van der Waals surface area contributed by atoms with Gasteiger partial charge >= 0.3 is 0 Å². The molecule has 0 saturated carbocycles. The summed E-state index contributed by atoms with van der Waals surface area (Å²) in [5, 5.41) is 14.3. The normalized spacial score (nSPS) is 11.9. The van der Waals surface area contributed by atoms with Crippen LogP contribution in [0, 0.1) is 0 Å². The van der Waals surface area contributed by atoms with E-state index < -0.39 is 0 Å². The highest BCUT2D eigenvalue weighted by molar-refractivity contribution is 7.99. The highest BCUT2D eigenvalue weighted by Gasteiger charge is 2.16. The molecule has 174 valence electrons. The van der Waals surface area contributed by atoms with Gasteiger partial charge in [-0.3, -0.25) is 9.59 Å². The summed E-state index contributed by atoms with van der Waals surface area (Å²) in [6.45, 7) is 2.61. The van der Waals surface area contributed by atoms with Crippen molar-refractivity contribution in [3.63, 3.8) is 0 Å². The maximum absolute atomic E-state index is 12.8. The third-order valence-corrected chi connectivity index (χ3v) is 6.30. The van der Waals surface area contributed by atoms with Gasteiger partial charge in [-0.2, -0.15) is 0 Å². The number of carbonyl (C=O) groups is 2. The zero-order valence-electron chi connectivity index (χ0n) is 19.4. The van der Waals surface area contributed by atoms with E-state index in [2.05, 4.69) is 56.9 Å². The number of rotatable bonds is 10. The molecule has 2 amide bonds. The molecule has 1 atom stereocenters. The average molecular weight is 467 g/mol. The molecule has 2 aromatic carbocycles. The van der Waals surface area contributed by atoms with E-state index in [9.17, 15) is 9.59 Å². The van der Waals surface area contributed by atoms with Crippen LogP contribution < -0.4 is 10.6 Å². The molecule has 1 unspecified atom stereocenters. The Morgan fingerprint density at radius 1 is 1.15 bits per heavy atom. The smallest absolute Gasteiger partial charge is 0.251 e. The lowest BCUT2D eigenvalue weighted by Gasteiger charge is -2.25. The largest absolute Gasteiger partial charge is 0.350 e. The third-order valence-electron chi connectivity index (χ3n) is 5.26. The first-order valence-electron chi connectivity index (χ1n) is 10.8. The monoisotopic (exact) mass is 466 g/mol. The summed E-state index contributed by atoms with van der Waals surface area (Å²) in [4.78, 5) is 27.2. The molecule has 0 saturated heterocycles. The van der Waals surface area contributed by atoms with E-state index in [0.29, 0.717) is 23.0 Å². The van der Waals surface area contributed by atoms with Crippen LogP contribution in [0.15, 0.2) is 60.0 Å². The highest BCUT2D eigenvalue weighted by Crippen LogP contribution is 2.19. The number of thioether (sulfide) groups is 1. The van der Waals surface area contributed by atoms with Crippen molar-refractivity contribution in [1.29, 1.82) is 0 Å². The van der Waals surface area contributed by atoms with Crippen molar-refractivity contribution in [3.05, 3.63) is 71.5 Å².